The molecule has 2 fully saturated rings. The molecule has 3 nitrogen and oxygen atoms in total. The highest BCUT2D eigenvalue weighted by Crippen LogP contribution is 2.22. The number of nitrogens with zero attached hydrogens (tertiary/aromatic N) is 2. The smallest absolute Gasteiger partial charge is 0.0109 e. The SMILES string of the molecule is CC(C)CNCC1CCN(CCN(C)C2CCCC2)C1. The fourth-order valence-corrected chi connectivity index (χ4v) is 3.69. The van der Waals surface area contributed by atoms with Crippen molar-refractivity contribution < 1.29 is 0 Å². The molecule has 1 saturated heterocycles. The lowest BCUT2D eigenvalue weighted by molar-refractivity contribution is 0.204. The topological polar surface area (TPSA) is 18.5 Å². The highest BCUT2D eigenvalue weighted by Gasteiger charge is 2.24. The second kappa shape index (κ2) is 8.35. The molecular formula is C17H35N3. The van der Waals surface area contributed by atoms with Gasteiger partial charge in [-0.1, -0.05) is 26.7 Å². The average Bonchev–Trinajstić information content (AvgIpc) is 3.07. The highest BCUT2D eigenvalue weighted by molar-refractivity contribution is 4.80. The Hall–Kier alpha value is -0.120. The van der Waals surface area contributed by atoms with E-state index in [2.05, 4.69) is 36.0 Å². The summed E-state index contributed by atoms with van der Waals surface area (Å²) < 4.78 is 0. The first kappa shape index (κ1) is 16.3. The van der Waals surface area contributed by atoms with Gasteiger partial charge in [-0.2, -0.15) is 0 Å². The molecule has 1 unspecified atom stereocenters. The maximum Gasteiger partial charge on any atom is 0.0109 e. The van der Waals surface area contributed by atoms with Gasteiger partial charge in [0.15, 0.2) is 0 Å². The van der Waals surface area contributed by atoms with Gasteiger partial charge in [-0.15, -0.1) is 0 Å². The van der Waals surface area contributed by atoms with Crippen LogP contribution in [0.15, 0.2) is 0 Å². The normalized spacial score (nSPS) is 25.4. The largest absolute Gasteiger partial charge is 0.316 e. The van der Waals surface area contributed by atoms with Crippen LogP contribution in [0.4, 0.5) is 0 Å². The average molecular weight is 281 g/mol. The van der Waals surface area contributed by atoms with E-state index in [1.807, 2.05) is 0 Å². The molecule has 118 valence electrons. The number of rotatable bonds is 8. The van der Waals surface area contributed by atoms with E-state index in [1.165, 1.54) is 71.4 Å². The van der Waals surface area contributed by atoms with Crippen molar-refractivity contribution in [3.05, 3.63) is 0 Å². The molecule has 1 atom stereocenters. The minimum Gasteiger partial charge on any atom is -0.316 e. The third kappa shape index (κ3) is 5.34. The molecule has 0 aromatic rings. The summed E-state index contributed by atoms with van der Waals surface area (Å²) in [4.78, 5) is 5.28. The summed E-state index contributed by atoms with van der Waals surface area (Å²) in [5, 5.41) is 3.62. The van der Waals surface area contributed by atoms with E-state index in [-0.39, 0.29) is 0 Å². The number of hydrogen-bond donors (Lipinski definition) is 1. The van der Waals surface area contributed by atoms with Gasteiger partial charge in [0.2, 0.25) is 0 Å². The van der Waals surface area contributed by atoms with Gasteiger partial charge in [-0.05, 0) is 57.8 Å². The minimum absolute atomic E-state index is 0.771. The second-order valence-corrected chi connectivity index (χ2v) is 7.43. The number of likely N-dealkylation sites (tertiary alicyclic amines) is 1. The predicted octanol–water partition coefficient (Wildman–Crippen LogP) is 2.43. The molecule has 1 heterocycles. The molecule has 1 aliphatic heterocycles. The summed E-state index contributed by atoms with van der Waals surface area (Å²) >= 11 is 0. The van der Waals surface area contributed by atoms with Crippen LogP contribution in [-0.2, 0) is 0 Å². The van der Waals surface area contributed by atoms with Crippen LogP contribution in [0.2, 0.25) is 0 Å². The number of hydrogen-bond acceptors (Lipinski definition) is 3. The first-order chi connectivity index (χ1) is 9.65. The van der Waals surface area contributed by atoms with Crippen molar-refractivity contribution in [3.8, 4) is 0 Å². The molecule has 2 aliphatic rings. The zero-order chi connectivity index (χ0) is 14.4. The fourth-order valence-electron chi connectivity index (χ4n) is 3.69. The molecule has 0 bridgehead atoms. The molecule has 0 radical (unpaired) electrons. The van der Waals surface area contributed by atoms with E-state index in [1.54, 1.807) is 0 Å². The molecule has 0 aromatic heterocycles. The van der Waals surface area contributed by atoms with Crippen molar-refractivity contribution in [2.75, 3.05) is 46.3 Å². The highest BCUT2D eigenvalue weighted by atomic mass is 15.2. The van der Waals surface area contributed by atoms with Crippen LogP contribution < -0.4 is 5.32 Å². The van der Waals surface area contributed by atoms with Crippen LogP contribution in [-0.4, -0.2) is 62.2 Å². The van der Waals surface area contributed by atoms with Crippen LogP contribution in [0, 0.1) is 11.8 Å². The van der Waals surface area contributed by atoms with E-state index < -0.39 is 0 Å². The minimum atomic E-state index is 0.771. The van der Waals surface area contributed by atoms with Crippen LogP contribution in [0.3, 0.4) is 0 Å². The standard InChI is InChI=1S/C17H35N3/c1-15(2)12-18-13-16-8-9-20(14-16)11-10-19(3)17-6-4-5-7-17/h15-18H,4-14H2,1-3H3. The van der Waals surface area contributed by atoms with E-state index >= 15 is 0 Å². The van der Waals surface area contributed by atoms with E-state index in [4.69, 9.17) is 0 Å². The van der Waals surface area contributed by atoms with Crippen molar-refractivity contribution >= 4 is 0 Å². The van der Waals surface area contributed by atoms with Crippen molar-refractivity contribution in [1.82, 2.24) is 15.1 Å². The monoisotopic (exact) mass is 281 g/mol. The summed E-state index contributed by atoms with van der Waals surface area (Å²) in [6, 6.07) is 0.876. The lowest BCUT2D eigenvalue weighted by atomic mass is 10.1. The Labute approximate surface area is 126 Å². The van der Waals surface area contributed by atoms with Crippen molar-refractivity contribution in [2.24, 2.45) is 11.8 Å². The molecule has 0 amide bonds. The molecule has 3 heteroatoms. The second-order valence-electron chi connectivity index (χ2n) is 7.43. The predicted molar refractivity (Wildman–Crippen MR) is 87.1 cm³/mol. The third-order valence-electron chi connectivity index (χ3n) is 5.07. The van der Waals surface area contributed by atoms with Gasteiger partial charge >= 0.3 is 0 Å². The van der Waals surface area contributed by atoms with Crippen LogP contribution in [0.25, 0.3) is 0 Å². The molecule has 2 rings (SSSR count). The van der Waals surface area contributed by atoms with Gasteiger partial charge < -0.3 is 15.1 Å². The van der Waals surface area contributed by atoms with E-state index in [9.17, 15) is 0 Å². The van der Waals surface area contributed by atoms with Crippen molar-refractivity contribution in [1.29, 1.82) is 0 Å². The molecule has 20 heavy (non-hydrogen) atoms. The van der Waals surface area contributed by atoms with Gasteiger partial charge in [0.05, 0.1) is 0 Å². The van der Waals surface area contributed by atoms with Gasteiger partial charge in [0.25, 0.3) is 0 Å². The Bertz CT molecular complexity index is 261. The molecular weight excluding hydrogens is 246 g/mol. The first-order valence-electron chi connectivity index (χ1n) is 8.78. The maximum atomic E-state index is 3.62. The Kier molecular flexibility index (Phi) is 6.79. The molecule has 1 saturated carbocycles. The van der Waals surface area contributed by atoms with Gasteiger partial charge in [0.1, 0.15) is 0 Å². The summed E-state index contributed by atoms with van der Waals surface area (Å²) in [5.41, 5.74) is 0. The Balaban J connectivity index is 1.56. The Morgan fingerprint density at radius 3 is 2.65 bits per heavy atom. The lowest BCUT2D eigenvalue weighted by Crippen LogP contribution is -2.37. The third-order valence-corrected chi connectivity index (χ3v) is 5.07. The number of nitrogens with one attached hydrogen (secondary N) is 1. The van der Waals surface area contributed by atoms with Gasteiger partial charge in [0, 0.05) is 25.7 Å². The summed E-state index contributed by atoms with van der Waals surface area (Å²) in [7, 11) is 2.33. The zero-order valence-electron chi connectivity index (χ0n) is 13.9. The molecule has 0 aromatic carbocycles. The first-order valence-corrected chi connectivity index (χ1v) is 8.78. The van der Waals surface area contributed by atoms with Crippen molar-refractivity contribution in [3.63, 3.8) is 0 Å². The van der Waals surface area contributed by atoms with Crippen LogP contribution in [0.1, 0.15) is 46.0 Å². The van der Waals surface area contributed by atoms with Gasteiger partial charge in [-0.3, -0.25) is 0 Å². The maximum absolute atomic E-state index is 3.62. The van der Waals surface area contributed by atoms with Crippen LogP contribution in [0.5, 0.6) is 0 Å². The number of likely N-dealkylation sites (N-methyl/N-ethyl adjacent to an activating group) is 1. The lowest BCUT2D eigenvalue weighted by Gasteiger charge is -2.26. The van der Waals surface area contributed by atoms with Gasteiger partial charge in [-0.25, -0.2) is 0 Å². The molecule has 1 N–H and O–H groups in total. The summed E-state index contributed by atoms with van der Waals surface area (Å²) in [5.74, 6) is 1.65. The Morgan fingerprint density at radius 1 is 1.20 bits per heavy atom. The molecule has 1 aliphatic carbocycles. The Morgan fingerprint density at radius 2 is 1.95 bits per heavy atom. The summed E-state index contributed by atoms with van der Waals surface area (Å²) in [6.45, 7) is 12.1. The summed E-state index contributed by atoms with van der Waals surface area (Å²) in [6.07, 6.45) is 7.14. The molecule has 0 spiro atoms. The quantitative estimate of drug-likeness (QED) is 0.737. The zero-order valence-corrected chi connectivity index (χ0v) is 13.9. The fraction of sp³-hybridized carbons (Fsp3) is 1.00. The van der Waals surface area contributed by atoms with E-state index in [0.29, 0.717) is 0 Å². The van der Waals surface area contributed by atoms with E-state index in [0.717, 1.165) is 17.9 Å². The van der Waals surface area contributed by atoms with Crippen LogP contribution >= 0.6 is 0 Å². The van der Waals surface area contributed by atoms with Crippen molar-refractivity contribution in [2.45, 2.75) is 52.0 Å².